The molecule has 7 heteroatoms. The first kappa shape index (κ1) is 19.1. The van der Waals surface area contributed by atoms with Crippen LogP contribution in [0.2, 0.25) is 10.0 Å². The zero-order chi connectivity index (χ0) is 18.8. The largest absolute Gasteiger partial charge is 0.487 e. The lowest BCUT2D eigenvalue weighted by atomic mass is 10.1. The summed E-state index contributed by atoms with van der Waals surface area (Å²) in [6, 6.07) is 10.2. The lowest BCUT2D eigenvalue weighted by Crippen LogP contribution is -2.02. The van der Waals surface area contributed by atoms with Crippen molar-refractivity contribution in [3.8, 4) is 17.0 Å². The Bertz CT molecular complexity index is 962. The highest BCUT2D eigenvalue weighted by Crippen LogP contribution is 2.41. The third-order valence-corrected chi connectivity index (χ3v) is 5.05. The average Bonchev–Trinajstić information content (AvgIpc) is 2.57. The van der Waals surface area contributed by atoms with Crippen LogP contribution in [0.1, 0.15) is 11.3 Å². The number of ether oxygens (including phenoxy) is 1. The molecule has 0 aliphatic rings. The van der Waals surface area contributed by atoms with Crippen molar-refractivity contribution in [1.82, 2.24) is 4.98 Å². The van der Waals surface area contributed by atoms with Crippen molar-refractivity contribution >= 4 is 39.1 Å². The summed E-state index contributed by atoms with van der Waals surface area (Å²) in [5, 5.41) is 0.902. The first-order valence-electron chi connectivity index (χ1n) is 7.55. The van der Waals surface area contributed by atoms with Crippen LogP contribution in [0, 0.1) is 18.6 Å². The number of hydrogen-bond donors (Lipinski definition) is 0. The molecule has 0 unspecified atom stereocenters. The van der Waals surface area contributed by atoms with Crippen LogP contribution in [0.25, 0.3) is 11.3 Å². The smallest absolute Gasteiger partial charge is 0.138 e. The van der Waals surface area contributed by atoms with E-state index in [9.17, 15) is 8.78 Å². The standard InChI is InChI=1S/C19H12BrCl2F2NO/c1-10-7-16(26-9-11-5-6-12(23)8-15(11)24)18(20)19(25-10)17-13(21)3-2-4-14(17)22/h2-8H,9H2,1H3. The first-order valence-corrected chi connectivity index (χ1v) is 9.10. The molecule has 0 aliphatic carbocycles. The molecule has 26 heavy (non-hydrogen) atoms. The average molecular weight is 459 g/mol. The Morgan fingerprint density at radius 2 is 1.77 bits per heavy atom. The molecule has 1 heterocycles. The van der Waals surface area contributed by atoms with Gasteiger partial charge in [0, 0.05) is 29.0 Å². The quantitative estimate of drug-likeness (QED) is 0.420. The van der Waals surface area contributed by atoms with Gasteiger partial charge in [-0.2, -0.15) is 0 Å². The van der Waals surface area contributed by atoms with Crippen LogP contribution in [-0.2, 0) is 6.61 Å². The second kappa shape index (κ2) is 7.91. The van der Waals surface area contributed by atoms with E-state index in [1.165, 1.54) is 12.1 Å². The minimum Gasteiger partial charge on any atom is -0.487 e. The maximum absolute atomic E-state index is 13.8. The van der Waals surface area contributed by atoms with Gasteiger partial charge in [-0.25, -0.2) is 8.78 Å². The second-order valence-electron chi connectivity index (χ2n) is 5.55. The van der Waals surface area contributed by atoms with Gasteiger partial charge in [0.2, 0.25) is 0 Å². The Balaban J connectivity index is 1.98. The van der Waals surface area contributed by atoms with E-state index in [-0.39, 0.29) is 12.2 Å². The maximum atomic E-state index is 13.8. The summed E-state index contributed by atoms with van der Waals surface area (Å²) in [5.74, 6) is -0.851. The molecule has 0 saturated heterocycles. The molecule has 2 nitrogen and oxygen atoms in total. The van der Waals surface area contributed by atoms with E-state index in [1.807, 2.05) is 0 Å². The van der Waals surface area contributed by atoms with E-state index in [1.54, 1.807) is 31.2 Å². The third-order valence-electron chi connectivity index (χ3n) is 3.65. The normalized spacial score (nSPS) is 10.8. The lowest BCUT2D eigenvalue weighted by Gasteiger charge is -2.14. The number of rotatable bonds is 4. The van der Waals surface area contributed by atoms with Crippen molar-refractivity contribution in [2.75, 3.05) is 0 Å². The summed E-state index contributed by atoms with van der Waals surface area (Å²) >= 11 is 16.0. The molecule has 1 aromatic heterocycles. The van der Waals surface area contributed by atoms with Crippen LogP contribution in [0.3, 0.4) is 0 Å². The highest BCUT2D eigenvalue weighted by atomic mass is 79.9. The minimum atomic E-state index is -0.665. The fraction of sp³-hybridized carbons (Fsp3) is 0.105. The number of hydrogen-bond acceptors (Lipinski definition) is 2. The van der Waals surface area contributed by atoms with Gasteiger partial charge in [0.15, 0.2) is 0 Å². The molecular weight excluding hydrogens is 447 g/mol. The Morgan fingerprint density at radius 1 is 1.08 bits per heavy atom. The highest BCUT2D eigenvalue weighted by Gasteiger charge is 2.18. The molecule has 0 N–H and O–H groups in total. The highest BCUT2D eigenvalue weighted by molar-refractivity contribution is 9.10. The van der Waals surface area contributed by atoms with Crippen molar-refractivity contribution in [1.29, 1.82) is 0 Å². The summed E-state index contributed by atoms with van der Waals surface area (Å²) in [6.45, 7) is 1.73. The van der Waals surface area contributed by atoms with Crippen LogP contribution in [0.5, 0.6) is 5.75 Å². The van der Waals surface area contributed by atoms with E-state index in [4.69, 9.17) is 27.9 Å². The van der Waals surface area contributed by atoms with Gasteiger partial charge in [0.05, 0.1) is 20.2 Å². The minimum absolute atomic E-state index is 0.0656. The summed E-state index contributed by atoms with van der Waals surface area (Å²) in [6.07, 6.45) is 0. The van der Waals surface area contributed by atoms with Gasteiger partial charge in [-0.05, 0) is 47.1 Å². The molecular formula is C19H12BrCl2F2NO. The molecule has 0 amide bonds. The topological polar surface area (TPSA) is 22.1 Å². The number of aromatic nitrogens is 1. The summed E-state index contributed by atoms with van der Waals surface area (Å²) in [7, 11) is 0. The molecule has 0 atom stereocenters. The summed E-state index contributed by atoms with van der Waals surface area (Å²) < 4.78 is 33.1. The summed E-state index contributed by atoms with van der Waals surface area (Å²) in [4.78, 5) is 4.49. The second-order valence-corrected chi connectivity index (χ2v) is 7.15. The van der Waals surface area contributed by atoms with Crippen molar-refractivity contribution in [2.24, 2.45) is 0 Å². The van der Waals surface area contributed by atoms with Gasteiger partial charge in [-0.15, -0.1) is 0 Å². The molecule has 0 fully saturated rings. The fourth-order valence-electron chi connectivity index (χ4n) is 2.42. The molecule has 2 aromatic carbocycles. The van der Waals surface area contributed by atoms with Gasteiger partial charge in [0.1, 0.15) is 24.0 Å². The van der Waals surface area contributed by atoms with Crippen LogP contribution in [0.4, 0.5) is 8.78 Å². The molecule has 0 saturated carbocycles. The number of pyridine rings is 1. The predicted octanol–water partition coefficient (Wildman–Crippen LogP) is 6.98. The molecule has 0 spiro atoms. The summed E-state index contributed by atoms with van der Waals surface area (Å²) in [5.41, 5.74) is 2.01. The maximum Gasteiger partial charge on any atom is 0.138 e. The van der Waals surface area contributed by atoms with Crippen LogP contribution >= 0.6 is 39.1 Å². The number of nitrogens with zero attached hydrogens (tertiary/aromatic N) is 1. The Labute approximate surface area is 167 Å². The Hall–Kier alpha value is -1.69. The first-order chi connectivity index (χ1) is 12.4. The van der Waals surface area contributed by atoms with Crippen molar-refractivity contribution < 1.29 is 13.5 Å². The fourth-order valence-corrected chi connectivity index (χ4v) is 3.51. The van der Waals surface area contributed by atoms with Crippen molar-refractivity contribution in [3.63, 3.8) is 0 Å². The van der Waals surface area contributed by atoms with Gasteiger partial charge >= 0.3 is 0 Å². The van der Waals surface area contributed by atoms with E-state index in [2.05, 4.69) is 20.9 Å². The molecule has 0 aliphatic heterocycles. The molecule has 3 rings (SSSR count). The van der Waals surface area contributed by atoms with E-state index in [0.717, 1.165) is 6.07 Å². The predicted molar refractivity (Wildman–Crippen MR) is 103 cm³/mol. The van der Waals surface area contributed by atoms with Crippen LogP contribution < -0.4 is 4.74 Å². The van der Waals surface area contributed by atoms with Gasteiger partial charge in [-0.3, -0.25) is 4.98 Å². The molecule has 134 valence electrons. The zero-order valence-electron chi connectivity index (χ0n) is 13.5. The molecule has 3 aromatic rings. The Morgan fingerprint density at radius 3 is 2.42 bits per heavy atom. The van der Waals surface area contributed by atoms with Crippen LogP contribution in [0.15, 0.2) is 46.9 Å². The van der Waals surface area contributed by atoms with Crippen molar-refractivity contribution in [3.05, 3.63) is 79.9 Å². The van der Waals surface area contributed by atoms with E-state index in [0.29, 0.717) is 37.2 Å². The van der Waals surface area contributed by atoms with Gasteiger partial charge in [0.25, 0.3) is 0 Å². The van der Waals surface area contributed by atoms with E-state index >= 15 is 0 Å². The number of aryl methyl sites for hydroxylation is 1. The number of halogens is 5. The third kappa shape index (κ3) is 4.00. The zero-order valence-corrected chi connectivity index (χ0v) is 16.6. The Kier molecular flexibility index (Phi) is 5.80. The monoisotopic (exact) mass is 457 g/mol. The SMILES string of the molecule is Cc1cc(OCc2ccc(F)cc2F)c(Br)c(-c2c(Cl)cccc2Cl)n1. The van der Waals surface area contributed by atoms with Crippen molar-refractivity contribution in [2.45, 2.75) is 13.5 Å². The molecule has 0 radical (unpaired) electrons. The van der Waals surface area contributed by atoms with Gasteiger partial charge < -0.3 is 4.74 Å². The van der Waals surface area contributed by atoms with E-state index < -0.39 is 11.6 Å². The molecule has 0 bridgehead atoms. The van der Waals surface area contributed by atoms with Gasteiger partial charge in [-0.1, -0.05) is 29.3 Å². The van der Waals surface area contributed by atoms with Crippen LogP contribution in [-0.4, -0.2) is 4.98 Å². The lowest BCUT2D eigenvalue weighted by molar-refractivity contribution is 0.297. The number of benzene rings is 2.